The van der Waals surface area contributed by atoms with Gasteiger partial charge in [-0.15, -0.1) is 0 Å². The Morgan fingerprint density at radius 1 is 1.15 bits per heavy atom. The van der Waals surface area contributed by atoms with Crippen molar-refractivity contribution in [3.05, 3.63) is 101 Å². The number of halogens is 2. The summed E-state index contributed by atoms with van der Waals surface area (Å²) in [7, 11) is 3.06. The van der Waals surface area contributed by atoms with Gasteiger partial charge in [-0.3, -0.25) is 9.36 Å². The maximum atomic E-state index is 13.9. The molecule has 0 fully saturated rings. The second kappa shape index (κ2) is 11.4. The van der Waals surface area contributed by atoms with E-state index in [0.717, 1.165) is 0 Å². The zero-order valence-electron chi connectivity index (χ0n) is 22.0. The van der Waals surface area contributed by atoms with Gasteiger partial charge in [-0.1, -0.05) is 40.6 Å². The van der Waals surface area contributed by atoms with Gasteiger partial charge in [0.2, 0.25) is 0 Å². The minimum atomic E-state index is -0.861. The highest BCUT2D eigenvalue weighted by Gasteiger charge is 2.35. The average Bonchev–Trinajstić information content (AvgIpc) is 3.53. The van der Waals surface area contributed by atoms with E-state index >= 15 is 0 Å². The first kappa shape index (κ1) is 27.8. The highest BCUT2D eigenvalue weighted by Crippen LogP contribution is 2.38. The SMILES string of the molecule is CCOC(=O)C1=C(C)N=c2s/c(=C\c3ccc(-c4cccc(Cl)c4Cl)o3)c(=O)n2[C@H]1c1cc(OC)ccc1OC. The molecule has 1 atom stereocenters. The van der Waals surface area contributed by atoms with E-state index in [-0.39, 0.29) is 17.7 Å². The second-order valence-electron chi connectivity index (χ2n) is 8.71. The van der Waals surface area contributed by atoms with Crippen molar-refractivity contribution >= 4 is 46.6 Å². The lowest BCUT2D eigenvalue weighted by Crippen LogP contribution is -2.40. The molecule has 0 unspecified atom stereocenters. The topological polar surface area (TPSA) is 92.3 Å². The van der Waals surface area contributed by atoms with Crippen LogP contribution in [0.5, 0.6) is 11.5 Å². The fraction of sp³-hybridized carbons (Fsp3) is 0.207. The fourth-order valence-electron chi connectivity index (χ4n) is 4.54. The van der Waals surface area contributed by atoms with Crippen LogP contribution in [-0.2, 0) is 9.53 Å². The maximum Gasteiger partial charge on any atom is 0.338 e. The first-order valence-electron chi connectivity index (χ1n) is 12.2. The van der Waals surface area contributed by atoms with E-state index in [1.165, 1.54) is 23.0 Å². The van der Waals surface area contributed by atoms with Crippen molar-refractivity contribution in [3.63, 3.8) is 0 Å². The lowest BCUT2D eigenvalue weighted by atomic mass is 9.95. The summed E-state index contributed by atoms with van der Waals surface area (Å²) in [6.07, 6.45) is 1.63. The van der Waals surface area contributed by atoms with Crippen molar-refractivity contribution in [2.24, 2.45) is 4.99 Å². The summed E-state index contributed by atoms with van der Waals surface area (Å²) in [5.41, 5.74) is 1.52. The van der Waals surface area contributed by atoms with Crippen molar-refractivity contribution in [3.8, 4) is 22.8 Å². The van der Waals surface area contributed by atoms with Gasteiger partial charge in [0.25, 0.3) is 5.56 Å². The van der Waals surface area contributed by atoms with Gasteiger partial charge in [0.05, 0.1) is 46.7 Å². The molecular weight excluding hydrogens is 575 g/mol. The third kappa shape index (κ3) is 4.96. The van der Waals surface area contributed by atoms with E-state index in [4.69, 9.17) is 41.8 Å². The van der Waals surface area contributed by atoms with E-state index in [2.05, 4.69) is 4.99 Å². The molecule has 1 aliphatic rings. The van der Waals surface area contributed by atoms with Crippen LogP contribution in [0.15, 0.2) is 74.0 Å². The number of rotatable bonds is 7. The van der Waals surface area contributed by atoms with Crippen LogP contribution in [0.4, 0.5) is 0 Å². The minimum absolute atomic E-state index is 0.166. The van der Waals surface area contributed by atoms with Crippen LogP contribution in [-0.4, -0.2) is 31.4 Å². The number of carbonyl (C=O) groups excluding carboxylic acids is 1. The summed E-state index contributed by atoms with van der Waals surface area (Å²) >= 11 is 13.7. The largest absolute Gasteiger partial charge is 0.497 e. The van der Waals surface area contributed by atoms with Gasteiger partial charge < -0.3 is 18.6 Å². The zero-order chi connectivity index (χ0) is 28.6. The molecule has 0 saturated carbocycles. The number of aromatic nitrogens is 1. The maximum absolute atomic E-state index is 13.9. The minimum Gasteiger partial charge on any atom is -0.497 e. The molecule has 0 amide bonds. The number of nitrogens with zero attached hydrogens (tertiary/aromatic N) is 2. The Labute approximate surface area is 243 Å². The Hall–Kier alpha value is -3.79. The number of furan rings is 1. The lowest BCUT2D eigenvalue weighted by molar-refractivity contribution is -0.139. The number of ether oxygens (including phenoxy) is 3. The van der Waals surface area contributed by atoms with Crippen LogP contribution in [0.3, 0.4) is 0 Å². The number of benzene rings is 2. The molecule has 4 aromatic rings. The molecule has 40 heavy (non-hydrogen) atoms. The Morgan fingerprint density at radius 3 is 2.67 bits per heavy atom. The highest BCUT2D eigenvalue weighted by molar-refractivity contribution is 7.07. The van der Waals surface area contributed by atoms with Gasteiger partial charge in [-0.05, 0) is 56.3 Å². The number of hydrogen-bond donors (Lipinski definition) is 0. The lowest BCUT2D eigenvalue weighted by Gasteiger charge is -2.26. The molecule has 206 valence electrons. The van der Waals surface area contributed by atoms with Gasteiger partial charge in [0.15, 0.2) is 4.80 Å². The molecule has 5 rings (SSSR count). The summed E-state index contributed by atoms with van der Waals surface area (Å²) in [4.78, 5) is 32.1. The van der Waals surface area contributed by atoms with Gasteiger partial charge in [0, 0.05) is 17.2 Å². The molecule has 0 bridgehead atoms. The van der Waals surface area contributed by atoms with E-state index < -0.39 is 12.0 Å². The quantitative estimate of drug-likeness (QED) is 0.265. The van der Waals surface area contributed by atoms with Crippen molar-refractivity contribution in [1.82, 2.24) is 4.57 Å². The van der Waals surface area contributed by atoms with E-state index in [1.54, 1.807) is 75.6 Å². The van der Waals surface area contributed by atoms with Crippen molar-refractivity contribution < 1.29 is 23.4 Å². The van der Waals surface area contributed by atoms with Crippen LogP contribution in [0, 0.1) is 0 Å². The first-order chi connectivity index (χ1) is 19.3. The molecule has 2 aromatic heterocycles. The number of carbonyl (C=O) groups is 1. The summed E-state index contributed by atoms with van der Waals surface area (Å²) in [6.45, 7) is 3.61. The fourth-order valence-corrected chi connectivity index (χ4v) is 5.96. The molecule has 1 aliphatic heterocycles. The third-order valence-electron chi connectivity index (χ3n) is 6.37. The molecule has 11 heteroatoms. The monoisotopic (exact) mass is 598 g/mol. The average molecular weight is 599 g/mol. The van der Waals surface area contributed by atoms with Crippen LogP contribution in [0.1, 0.15) is 31.2 Å². The number of hydrogen-bond acceptors (Lipinski definition) is 8. The molecule has 0 aliphatic carbocycles. The Balaban J connectivity index is 1.69. The highest BCUT2D eigenvalue weighted by atomic mass is 35.5. The van der Waals surface area contributed by atoms with Crippen LogP contribution in [0.2, 0.25) is 10.0 Å². The molecule has 3 heterocycles. The van der Waals surface area contributed by atoms with Gasteiger partial charge >= 0.3 is 5.97 Å². The number of allylic oxidation sites excluding steroid dienone is 1. The predicted molar refractivity (Wildman–Crippen MR) is 154 cm³/mol. The van der Waals surface area contributed by atoms with Crippen molar-refractivity contribution in [2.75, 3.05) is 20.8 Å². The zero-order valence-corrected chi connectivity index (χ0v) is 24.3. The van der Waals surface area contributed by atoms with Crippen molar-refractivity contribution in [2.45, 2.75) is 19.9 Å². The molecular formula is C29H24Cl2N2O6S. The summed E-state index contributed by atoms with van der Waals surface area (Å²) in [6, 6.07) is 13.1. The molecule has 2 aromatic carbocycles. The van der Waals surface area contributed by atoms with Crippen LogP contribution >= 0.6 is 34.5 Å². The predicted octanol–water partition coefficient (Wildman–Crippen LogP) is 5.38. The number of esters is 1. The van der Waals surface area contributed by atoms with Crippen LogP contribution in [0.25, 0.3) is 17.4 Å². The summed E-state index contributed by atoms with van der Waals surface area (Å²) < 4.78 is 24.3. The Bertz CT molecular complexity index is 1840. The smallest absolute Gasteiger partial charge is 0.338 e. The molecule has 8 nitrogen and oxygen atoms in total. The second-order valence-corrected chi connectivity index (χ2v) is 10.5. The van der Waals surface area contributed by atoms with Gasteiger partial charge in [0.1, 0.15) is 29.1 Å². The van der Waals surface area contributed by atoms with Crippen LogP contribution < -0.4 is 24.4 Å². The summed E-state index contributed by atoms with van der Waals surface area (Å²) in [5.74, 6) is 1.39. The summed E-state index contributed by atoms with van der Waals surface area (Å²) in [5, 5.41) is 0.782. The Morgan fingerprint density at radius 2 is 1.95 bits per heavy atom. The first-order valence-corrected chi connectivity index (χ1v) is 13.8. The van der Waals surface area contributed by atoms with E-state index in [0.29, 0.717) is 59.2 Å². The molecule has 0 saturated heterocycles. The molecule has 0 spiro atoms. The molecule has 0 N–H and O–H groups in total. The number of thiazole rings is 1. The standard InChI is InChI=1S/C29H24Cl2N2O6S/c1-5-38-28(35)24-15(2)32-29-33(26(24)19-13-16(36-3)9-11-21(19)37-4)27(34)23(40-29)14-17-10-12-22(39-17)18-7-6-8-20(30)25(18)31/h6-14,26H,5H2,1-4H3/b23-14-/t26-/m0/s1. The van der Waals surface area contributed by atoms with Gasteiger partial charge in [-0.2, -0.15) is 0 Å². The van der Waals surface area contributed by atoms with Crippen molar-refractivity contribution in [1.29, 1.82) is 0 Å². The Kier molecular flexibility index (Phi) is 7.89. The van der Waals surface area contributed by atoms with Gasteiger partial charge in [-0.25, -0.2) is 9.79 Å². The van der Waals surface area contributed by atoms with E-state index in [1.807, 2.05) is 0 Å². The normalized spacial score (nSPS) is 15.1. The third-order valence-corrected chi connectivity index (χ3v) is 8.17. The molecule has 0 radical (unpaired) electrons. The number of fused-ring (bicyclic) bond motifs is 1. The number of methoxy groups -OCH3 is 2. The van der Waals surface area contributed by atoms with E-state index in [9.17, 15) is 9.59 Å².